The number of hydrogen-bond acceptors (Lipinski definition) is 4. The average molecular weight is 483 g/mol. The van der Waals surface area contributed by atoms with Gasteiger partial charge in [-0.3, -0.25) is 9.59 Å². The van der Waals surface area contributed by atoms with Crippen molar-refractivity contribution >= 4 is 44.7 Å². The summed E-state index contributed by atoms with van der Waals surface area (Å²) < 4.78 is 0. The van der Waals surface area contributed by atoms with Crippen molar-refractivity contribution in [1.29, 1.82) is 0 Å². The standard InChI is InChI=1S/C29H23ClN2O3/c1-17-9-14-22-25(15-17)32-29(35)27(28(22)34)26(33)16-24(19-10-12-20(30)13-11-19)31-23-8-4-6-18-5-2-3-7-21(18)23/h2-15,24,31H,16H2,1H3,(H2,32,34,35). The largest absolute Gasteiger partial charge is 0.506 e. The van der Waals surface area contributed by atoms with E-state index in [-0.39, 0.29) is 17.7 Å². The number of benzene rings is 4. The van der Waals surface area contributed by atoms with Crippen LogP contribution in [0.25, 0.3) is 21.7 Å². The summed E-state index contributed by atoms with van der Waals surface area (Å²) in [6.07, 6.45) is -0.0428. The molecule has 0 spiro atoms. The van der Waals surface area contributed by atoms with Gasteiger partial charge in [-0.2, -0.15) is 0 Å². The van der Waals surface area contributed by atoms with Crippen molar-refractivity contribution in [3.8, 4) is 5.75 Å². The maximum atomic E-state index is 13.5. The number of halogens is 1. The van der Waals surface area contributed by atoms with Gasteiger partial charge < -0.3 is 15.4 Å². The highest BCUT2D eigenvalue weighted by atomic mass is 35.5. The lowest BCUT2D eigenvalue weighted by molar-refractivity contribution is 0.0972. The van der Waals surface area contributed by atoms with E-state index in [1.54, 1.807) is 24.3 Å². The summed E-state index contributed by atoms with van der Waals surface area (Å²) in [6.45, 7) is 1.89. The molecule has 0 saturated heterocycles. The van der Waals surface area contributed by atoms with E-state index in [0.717, 1.165) is 27.6 Å². The Morgan fingerprint density at radius 1 is 0.971 bits per heavy atom. The number of pyridine rings is 1. The average Bonchev–Trinajstić information content (AvgIpc) is 2.84. The molecule has 0 fully saturated rings. The zero-order chi connectivity index (χ0) is 24.5. The Labute approximate surface area is 207 Å². The van der Waals surface area contributed by atoms with Crippen LogP contribution in [0.4, 0.5) is 5.69 Å². The Morgan fingerprint density at radius 2 is 1.71 bits per heavy atom. The van der Waals surface area contributed by atoms with Crippen molar-refractivity contribution in [2.24, 2.45) is 0 Å². The smallest absolute Gasteiger partial charge is 0.263 e. The topological polar surface area (TPSA) is 82.2 Å². The summed E-state index contributed by atoms with van der Waals surface area (Å²) in [5.74, 6) is -0.757. The molecule has 3 N–H and O–H groups in total. The van der Waals surface area contributed by atoms with E-state index in [1.165, 1.54) is 0 Å². The quantitative estimate of drug-likeness (QED) is 0.233. The molecule has 5 rings (SSSR count). The van der Waals surface area contributed by atoms with Gasteiger partial charge in [-0.15, -0.1) is 0 Å². The molecule has 1 aromatic heterocycles. The van der Waals surface area contributed by atoms with Gasteiger partial charge in [0, 0.05) is 27.9 Å². The molecule has 5 aromatic rings. The first-order chi connectivity index (χ1) is 16.9. The minimum atomic E-state index is -0.606. The predicted molar refractivity (Wildman–Crippen MR) is 142 cm³/mol. The third-order valence-electron chi connectivity index (χ3n) is 6.20. The molecule has 4 aromatic carbocycles. The maximum absolute atomic E-state index is 13.5. The van der Waals surface area contributed by atoms with Gasteiger partial charge in [0.25, 0.3) is 5.56 Å². The highest BCUT2D eigenvalue weighted by molar-refractivity contribution is 6.30. The number of Topliss-reactive ketones (excluding diaryl/α,β-unsaturated/α-hetero) is 1. The van der Waals surface area contributed by atoms with Gasteiger partial charge in [-0.05, 0) is 53.8 Å². The van der Waals surface area contributed by atoms with Gasteiger partial charge >= 0.3 is 0 Å². The number of hydrogen-bond donors (Lipinski definition) is 3. The second-order valence-electron chi connectivity index (χ2n) is 8.63. The third-order valence-corrected chi connectivity index (χ3v) is 6.45. The molecule has 0 aliphatic carbocycles. The molecule has 174 valence electrons. The fraction of sp³-hybridized carbons (Fsp3) is 0.103. The molecule has 0 amide bonds. The number of H-pyrrole nitrogens is 1. The van der Waals surface area contributed by atoms with Crippen molar-refractivity contribution < 1.29 is 9.90 Å². The number of ketones is 1. The number of fused-ring (bicyclic) bond motifs is 2. The lowest BCUT2D eigenvalue weighted by Crippen LogP contribution is -2.22. The fourth-order valence-electron chi connectivity index (χ4n) is 4.43. The number of carbonyl (C=O) groups is 1. The van der Waals surface area contributed by atoms with Crippen LogP contribution in [0.1, 0.15) is 33.9 Å². The maximum Gasteiger partial charge on any atom is 0.263 e. The summed E-state index contributed by atoms with van der Waals surface area (Å²) in [6, 6.07) is 26.0. The van der Waals surface area contributed by atoms with Gasteiger partial charge in [-0.1, -0.05) is 66.2 Å². The molecule has 5 nitrogen and oxygen atoms in total. The highest BCUT2D eigenvalue weighted by Gasteiger charge is 2.24. The number of aryl methyl sites for hydroxylation is 1. The highest BCUT2D eigenvalue weighted by Crippen LogP contribution is 2.32. The number of rotatable bonds is 6. The van der Waals surface area contributed by atoms with Crippen molar-refractivity contribution in [2.45, 2.75) is 19.4 Å². The van der Waals surface area contributed by atoms with Gasteiger partial charge in [0.05, 0.1) is 11.6 Å². The van der Waals surface area contributed by atoms with Crippen LogP contribution in [0.2, 0.25) is 5.02 Å². The van der Waals surface area contributed by atoms with E-state index < -0.39 is 17.4 Å². The monoisotopic (exact) mass is 482 g/mol. The van der Waals surface area contributed by atoms with Crippen LogP contribution in [0.15, 0.2) is 89.7 Å². The summed E-state index contributed by atoms with van der Waals surface area (Å²) in [7, 11) is 0. The number of aromatic nitrogens is 1. The number of aromatic amines is 1. The third kappa shape index (κ3) is 4.51. The van der Waals surface area contributed by atoms with Gasteiger partial charge in [-0.25, -0.2) is 0 Å². The molecule has 0 saturated carbocycles. The molecular formula is C29H23ClN2O3. The van der Waals surface area contributed by atoms with E-state index in [4.69, 9.17) is 11.6 Å². The van der Waals surface area contributed by atoms with Crippen molar-refractivity contribution in [2.75, 3.05) is 5.32 Å². The SMILES string of the molecule is Cc1ccc2c(O)c(C(=O)CC(Nc3cccc4ccccc34)c3ccc(Cl)cc3)c(=O)[nH]c2c1. The molecule has 0 aliphatic heterocycles. The second-order valence-corrected chi connectivity index (χ2v) is 9.07. The normalized spacial score (nSPS) is 12.1. The van der Waals surface area contributed by atoms with Crippen molar-refractivity contribution in [1.82, 2.24) is 4.98 Å². The molecular weight excluding hydrogens is 460 g/mol. The molecule has 0 radical (unpaired) electrons. The lowest BCUT2D eigenvalue weighted by atomic mass is 9.96. The Morgan fingerprint density at radius 3 is 2.51 bits per heavy atom. The zero-order valence-electron chi connectivity index (χ0n) is 19.0. The second kappa shape index (κ2) is 9.28. The van der Waals surface area contributed by atoms with Crippen LogP contribution in [0, 0.1) is 6.92 Å². The first kappa shape index (κ1) is 22.7. The van der Waals surface area contributed by atoms with E-state index in [9.17, 15) is 14.7 Å². The van der Waals surface area contributed by atoms with E-state index in [2.05, 4.69) is 10.3 Å². The number of anilines is 1. The lowest BCUT2D eigenvalue weighted by Gasteiger charge is -2.21. The van der Waals surface area contributed by atoms with Gasteiger partial charge in [0.2, 0.25) is 0 Å². The van der Waals surface area contributed by atoms with E-state index in [0.29, 0.717) is 15.9 Å². The minimum absolute atomic E-state index is 0.0428. The van der Waals surface area contributed by atoms with Crippen LogP contribution in [-0.4, -0.2) is 15.9 Å². The van der Waals surface area contributed by atoms with Crippen LogP contribution in [0.3, 0.4) is 0 Å². The minimum Gasteiger partial charge on any atom is -0.506 e. The Kier molecular flexibility index (Phi) is 6.01. The van der Waals surface area contributed by atoms with E-state index in [1.807, 2.05) is 67.6 Å². The molecule has 1 unspecified atom stereocenters. The molecule has 0 aliphatic rings. The molecule has 35 heavy (non-hydrogen) atoms. The Balaban J connectivity index is 1.55. The Bertz CT molecular complexity index is 1620. The number of carbonyl (C=O) groups excluding carboxylic acids is 1. The van der Waals surface area contributed by atoms with Crippen molar-refractivity contribution in [3.63, 3.8) is 0 Å². The van der Waals surface area contributed by atoms with Crippen LogP contribution in [0.5, 0.6) is 5.75 Å². The summed E-state index contributed by atoms with van der Waals surface area (Å²) in [4.78, 5) is 29.0. The summed E-state index contributed by atoms with van der Waals surface area (Å²) >= 11 is 6.10. The Hall–Kier alpha value is -4.09. The summed E-state index contributed by atoms with van der Waals surface area (Å²) in [5, 5.41) is 17.5. The van der Waals surface area contributed by atoms with Crippen molar-refractivity contribution in [3.05, 3.63) is 117 Å². The molecule has 1 atom stereocenters. The predicted octanol–water partition coefficient (Wildman–Crippen LogP) is 6.77. The number of nitrogens with one attached hydrogen (secondary N) is 2. The van der Waals surface area contributed by atoms with E-state index >= 15 is 0 Å². The molecule has 1 heterocycles. The zero-order valence-corrected chi connectivity index (χ0v) is 19.8. The van der Waals surface area contributed by atoms with Gasteiger partial charge in [0.1, 0.15) is 11.3 Å². The fourth-order valence-corrected chi connectivity index (χ4v) is 4.55. The molecule has 6 heteroatoms. The number of aromatic hydroxyl groups is 1. The van der Waals surface area contributed by atoms with Crippen LogP contribution < -0.4 is 10.9 Å². The first-order valence-corrected chi connectivity index (χ1v) is 11.7. The van der Waals surface area contributed by atoms with Crippen LogP contribution in [-0.2, 0) is 0 Å². The van der Waals surface area contributed by atoms with Gasteiger partial charge in [0.15, 0.2) is 5.78 Å². The first-order valence-electron chi connectivity index (χ1n) is 11.3. The summed E-state index contributed by atoms with van der Waals surface area (Å²) in [5.41, 5.74) is 2.29. The molecule has 0 bridgehead atoms. The van der Waals surface area contributed by atoms with Crippen LogP contribution >= 0.6 is 11.6 Å².